The fourth-order valence-corrected chi connectivity index (χ4v) is 2.26. The molecule has 0 heterocycles. The maximum atomic E-state index is 11.9. The summed E-state index contributed by atoms with van der Waals surface area (Å²) in [5, 5.41) is 2.78. The summed E-state index contributed by atoms with van der Waals surface area (Å²) < 4.78 is 0. The van der Waals surface area contributed by atoms with Gasteiger partial charge >= 0.3 is 0 Å². The van der Waals surface area contributed by atoms with E-state index in [1.165, 1.54) is 11.8 Å². The van der Waals surface area contributed by atoms with Crippen LogP contribution in [0.3, 0.4) is 0 Å². The third-order valence-corrected chi connectivity index (χ3v) is 3.55. The zero-order chi connectivity index (χ0) is 14.3. The van der Waals surface area contributed by atoms with E-state index >= 15 is 0 Å². The fraction of sp³-hybridized carbons (Fsp3) is 0.385. The van der Waals surface area contributed by atoms with Gasteiger partial charge in [-0.1, -0.05) is 25.5 Å². The van der Waals surface area contributed by atoms with Gasteiger partial charge in [0.15, 0.2) is 0 Å². The molecule has 0 bridgehead atoms. The molecule has 0 aliphatic heterocycles. The molecule has 0 aliphatic carbocycles. The molecule has 104 valence electrons. The highest BCUT2D eigenvalue weighted by atomic mass is 32.2. The third-order valence-electron chi connectivity index (χ3n) is 2.45. The van der Waals surface area contributed by atoms with Crippen molar-refractivity contribution in [1.29, 1.82) is 0 Å². The van der Waals surface area contributed by atoms with Crippen molar-refractivity contribution in [3.8, 4) is 0 Å². The van der Waals surface area contributed by atoms with Crippen molar-refractivity contribution in [2.45, 2.75) is 30.7 Å². The Morgan fingerprint density at radius 2 is 2.05 bits per heavy atom. The van der Waals surface area contributed by atoms with E-state index in [1.54, 1.807) is 6.07 Å². The van der Waals surface area contributed by atoms with Crippen molar-refractivity contribution < 1.29 is 9.59 Å². The van der Waals surface area contributed by atoms with Crippen LogP contribution in [0.25, 0.3) is 0 Å². The van der Waals surface area contributed by atoms with E-state index in [9.17, 15) is 9.59 Å². The molecular formula is C13H19N3O2S. The number of amides is 2. The fourth-order valence-electron chi connectivity index (χ4n) is 1.51. The summed E-state index contributed by atoms with van der Waals surface area (Å²) in [6, 6.07) is 6.74. The second-order valence-corrected chi connectivity index (χ2v) is 5.15. The van der Waals surface area contributed by atoms with Crippen LogP contribution >= 0.6 is 11.8 Å². The molecule has 1 aromatic rings. The molecule has 0 aliphatic rings. The van der Waals surface area contributed by atoms with Gasteiger partial charge in [-0.25, -0.2) is 0 Å². The van der Waals surface area contributed by atoms with E-state index in [4.69, 9.17) is 11.5 Å². The van der Waals surface area contributed by atoms with E-state index in [2.05, 4.69) is 5.32 Å². The van der Waals surface area contributed by atoms with Crippen molar-refractivity contribution in [1.82, 2.24) is 0 Å². The molecule has 1 aromatic carbocycles. The van der Waals surface area contributed by atoms with Crippen LogP contribution in [0.15, 0.2) is 29.2 Å². The van der Waals surface area contributed by atoms with E-state index in [-0.39, 0.29) is 11.7 Å². The predicted molar refractivity (Wildman–Crippen MR) is 77.9 cm³/mol. The summed E-state index contributed by atoms with van der Waals surface area (Å²) >= 11 is 1.29. The van der Waals surface area contributed by atoms with Gasteiger partial charge < -0.3 is 16.8 Å². The quantitative estimate of drug-likeness (QED) is 0.657. The monoisotopic (exact) mass is 281 g/mol. The van der Waals surface area contributed by atoms with Crippen molar-refractivity contribution in [3.63, 3.8) is 0 Å². The molecule has 0 saturated heterocycles. The number of hydrogen-bond donors (Lipinski definition) is 3. The normalized spacial score (nSPS) is 11.9. The third kappa shape index (κ3) is 5.32. The van der Waals surface area contributed by atoms with Crippen molar-refractivity contribution in [2.75, 3.05) is 11.1 Å². The number of carbonyl (C=O) groups is 2. The first-order chi connectivity index (χ1) is 9.04. The standard InChI is InChI=1S/C13H19N3O2S/c1-2-5-9(14)13(18)16-10-6-3-4-7-11(10)19-8-12(15)17/h3-4,6-7,9H,2,5,8,14H2,1H3,(H2,15,17)(H,16,18)/t9-/m0/s1. The number of hydrogen-bond acceptors (Lipinski definition) is 4. The number of anilines is 1. The Kier molecular flexibility index (Phi) is 6.38. The number of benzene rings is 1. The molecule has 0 saturated carbocycles. The lowest BCUT2D eigenvalue weighted by atomic mass is 10.1. The minimum Gasteiger partial charge on any atom is -0.369 e. The Hall–Kier alpha value is -1.53. The van der Waals surface area contributed by atoms with Crippen LogP contribution in [0.2, 0.25) is 0 Å². The Morgan fingerprint density at radius 3 is 2.68 bits per heavy atom. The summed E-state index contributed by atoms with van der Waals surface area (Å²) in [6.45, 7) is 1.98. The molecule has 0 spiro atoms. The molecule has 1 atom stereocenters. The van der Waals surface area contributed by atoms with Crippen LogP contribution in [-0.4, -0.2) is 23.6 Å². The zero-order valence-electron chi connectivity index (χ0n) is 10.9. The van der Waals surface area contributed by atoms with Gasteiger partial charge in [-0.2, -0.15) is 0 Å². The Labute approximate surface area is 117 Å². The van der Waals surface area contributed by atoms with Crippen LogP contribution < -0.4 is 16.8 Å². The maximum absolute atomic E-state index is 11.9. The van der Waals surface area contributed by atoms with Gasteiger partial charge in [-0.05, 0) is 18.6 Å². The number of rotatable bonds is 7. The van der Waals surface area contributed by atoms with E-state index in [0.29, 0.717) is 12.1 Å². The van der Waals surface area contributed by atoms with Crippen molar-refractivity contribution in [2.24, 2.45) is 11.5 Å². The summed E-state index contributed by atoms with van der Waals surface area (Å²) in [5.41, 5.74) is 11.5. The van der Waals surface area contributed by atoms with Gasteiger partial charge in [-0.15, -0.1) is 11.8 Å². The van der Waals surface area contributed by atoms with Gasteiger partial charge in [-0.3, -0.25) is 9.59 Å². The van der Waals surface area contributed by atoms with Crippen LogP contribution in [0.1, 0.15) is 19.8 Å². The van der Waals surface area contributed by atoms with Gasteiger partial charge in [0.1, 0.15) is 0 Å². The highest BCUT2D eigenvalue weighted by Gasteiger charge is 2.14. The van der Waals surface area contributed by atoms with E-state index in [0.717, 1.165) is 11.3 Å². The topological polar surface area (TPSA) is 98.2 Å². The second kappa shape index (κ2) is 7.81. The Balaban J connectivity index is 2.71. The molecule has 0 aromatic heterocycles. The Bertz CT molecular complexity index is 451. The number of primary amides is 1. The molecule has 1 rings (SSSR count). The molecule has 0 radical (unpaired) electrons. The summed E-state index contributed by atoms with van der Waals surface area (Å²) in [7, 11) is 0. The maximum Gasteiger partial charge on any atom is 0.241 e. The van der Waals surface area contributed by atoms with Crippen LogP contribution in [-0.2, 0) is 9.59 Å². The van der Waals surface area contributed by atoms with Crippen LogP contribution in [0, 0.1) is 0 Å². The van der Waals surface area contributed by atoms with Crippen molar-refractivity contribution >= 4 is 29.3 Å². The first-order valence-corrected chi connectivity index (χ1v) is 7.09. The Morgan fingerprint density at radius 1 is 1.37 bits per heavy atom. The number of nitrogens with two attached hydrogens (primary N) is 2. The largest absolute Gasteiger partial charge is 0.369 e. The van der Waals surface area contributed by atoms with Crippen molar-refractivity contribution in [3.05, 3.63) is 24.3 Å². The molecule has 5 N–H and O–H groups in total. The molecule has 0 unspecified atom stereocenters. The minimum atomic E-state index is -0.515. The highest BCUT2D eigenvalue weighted by molar-refractivity contribution is 8.00. The SMILES string of the molecule is CCC[C@H](N)C(=O)Nc1ccccc1SCC(N)=O. The number of nitrogens with one attached hydrogen (secondary N) is 1. The summed E-state index contributed by atoms with van der Waals surface area (Å²) in [4.78, 5) is 23.5. The average molecular weight is 281 g/mol. The lowest BCUT2D eigenvalue weighted by Gasteiger charge is -2.13. The molecule has 19 heavy (non-hydrogen) atoms. The highest BCUT2D eigenvalue weighted by Crippen LogP contribution is 2.26. The molecule has 0 fully saturated rings. The molecular weight excluding hydrogens is 262 g/mol. The van der Waals surface area contributed by atoms with Crippen LogP contribution in [0.4, 0.5) is 5.69 Å². The lowest BCUT2D eigenvalue weighted by Crippen LogP contribution is -2.35. The summed E-state index contributed by atoms with van der Waals surface area (Å²) in [6.07, 6.45) is 1.50. The average Bonchev–Trinajstić information content (AvgIpc) is 2.37. The minimum absolute atomic E-state index is 0.175. The number of para-hydroxylation sites is 1. The summed E-state index contributed by atoms with van der Waals surface area (Å²) in [5.74, 6) is -0.434. The van der Waals surface area contributed by atoms with Crippen LogP contribution in [0.5, 0.6) is 0 Å². The van der Waals surface area contributed by atoms with Gasteiger partial charge in [0.05, 0.1) is 17.5 Å². The lowest BCUT2D eigenvalue weighted by molar-refractivity contribution is -0.117. The zero-order valence-corrected chi connectivity index (χ0v) is 11.7. The smallest absolute Gasteiger partial charge is 0.241 e. The number of carbonyl (C=O) groups excluding carboxylic acids is 2. The van der Waals surface area contributed by atoms with Gasteiger partial charge in [0, 0.05) is 4.90 Å². The molecule has 6 heteroatoms. The van der Waals surface area contributed by atoms with E-state index < -0.39 is 11.9 Å². The van der Waals surface area contributed by atoms with E-state index in [1.807, 2.05) is 25.1 Å². The van der Waals surface area contributed by atoms with Gasteiger partial charge in [0.25, 0.3) is 0 Å². The molecule has 5 nitrogen and oxygen atoms in total. The van der Waals surface area contributed by atoms with Gasteiger partial charge in [0.2, 0.25) is 11.8 Å². The molecule has 2 amide bonds. The first-order valence-electron chi connectivity index (χ1n) is 6.11. The second-order valence-electron chi connectivity index (χ2n) is 4.14. The predicted octanol–water partition coefficient (Wildman–Crippen LogP) is 1.33. The number of thioether (sulfide) groups is 1. The first kappa shape index (κ1) is 15.5.